The molecule has 3 aromatic rings. The Morgan fingerprint density at radius 2 is 1.62 bits per heavy atom. The van der Waals surface area contributed by atoms with Crippen LogP contribution in [0, 0.1) is 0 Å². The molecule has 0 saturated heterocycles. The molecular weight excluding hydrogens is 295 g/mol. The summed E-state index contributed by atoms with van der Waals surface area (Å²) in [6.07, 6.45) is -2.76. The number of rotatable bonds is 2. The zero-order chi connectivity index (χ0) is 14.9. The second-order valence-corrected chi connectivity index (χ2v) is 5.58. The molecule has 0 atom stereocenters. The standard InChI is InChI=1S/C16H10F3NS/c17-16(18,19)13-6-2-4-8-15(13)21-12-9-11-5-1-3-7-14(11)20-10-12/h1-10H. The van der Waals surface area contributed by atoms with Crippen molar-refractivity contribution in [3.63, 3.8) is 0 Å². The van der Waals surface area contributed by atoms with Crippen molar-refractivity contribution in [1.82, 2.24) is 4.98 Å². The van der Waals surface area contributed by atoms with E-state index in [9.17, 15) is 13.2 Å². The summed E-state index contributed by atoms with van der Waals surface area (Å²) in [6, 6.07) is 14.9. The fourth-order valence-electron chi connectivity index (χ4n) is 2.02. The summed E-state index contributed by atoms with van der Waals surface area (Å²) >= 11 is 1.07. The molecule has 0 fully saturated rings. The summed E-state index contributed by atoms with van der Waals surface area (Å²) in [6.45, 7) is 0. The van der Waals surface area contributed by atoms with Gasteiger partial charge in [0, 0.05) is 21.4 Å². The van der Waals surface area contributed by atoms with Crippen molar-refractivity contribution >= 4 is 22.7 Å². The molecule has 0 aliphatic heterocycles. The van der Waals surface area contributed by atoms with Gasteiger partial charge in [-0.05, 0) is 24.3 Å². The van der Waals surface area contributed by atoms with E-state index >= 15 is 0 Å². The maximum absolute atomic E-state index is 13.0. The van der Waals surface area contributed by atoms with Gasteiger partial charge in [-0.15, -0.1) is 0 Å². The third-order valence-corrected chi connectivity index (χ3v) is 4.02. The summed E-state index contributed by atoms with van der Waals surface area (Å²) in [5.41, 5.74) is 0.203. The molecule has 1 aromatic heterocycles. The largest absolute Gasteiger partial charge is 0.417 e. The number of aromatic nitrogens is 1. The van der Waals surface area contributed by atoms with E-state index in [0.717, 1.165) is 28.7 Å². The Morgan fingerprint density at radius 1 is 0.905 bits per heavy atom. The van der Waals surface area contributed by atoms with Gasteiger partial charge >= 0.3 is 6.18 Å². The Hall–Kier alpha value is -2.01. The van der Waals surface area contributed by atoms with Gasteiger partial charge in [0.25, 0.3) is 0 Å². The highest BCUT2D eigenvalue weighted by Crippen LogP contribution is 2.39. The van der Waals surface area contributed by atoms with Crippen LogP contribution in [0.25, 0.3) is 10.9 Å². The lowest BCUT2D eigenvalue weighted by Crippen LogP contribution is -2.06. The first-order valence-electron chi connectivity index (χ1n) is 6.23. The van der Waals surface area contributed by atoms with Crippen LogP contribution in [0.2, 0.25) is 0 Å². The lowest BCUT2D eigenvalue weighted by molar-refractivity contribution is -0.139. The van der Waals surface area contributed by atoms with E-state index in [1.165, 1.54) is 12.1 Å². The van der Waals surface area contributed by atoms with Crippen molar-refractivity contribution in [1.29, 1.82) is 0 Å². The smallest absolute Gasteiger partial charge is 0.255 e. The highest BCUT2D eigenvalue weighted by molar-refractivity contribution is 7.99. The van der Waals surface area contributed by atoms with Crippen molar-refractivity contribution in [3.8, 4) is 0 Å². The molecule has 0 bridgehead atoms. The third kappa shape index (κ3) is 3.03. The number of hydrogen-bond acceptors (Lipinski definition) is 2. The van der Waals surface area contributed by atoms with Crippen molar-refractivity contribution in [3.05, 3.63) is 66.4 Å². The van der Waals surface area contributed by atoms with Gasteiger partial charge in [0.2, 0.25) is 0 Å². The summed E-state index contributed by atoms with van der Waals surface area (Å²) in [5.74, 6) is 0. The monoisotopic (exact) mass is 305 g/mol. The highest BCUT2D eigenvalue weighted by atomic mass is 32.2. The van der Waals surface area contributed by atoms with E-state index in [2.05, 4.69) is 4.98 Å². The van der Waals surface area contributed by atoms with E-state index in [-0.39, 0.29) is 4.90 Å². The van der Waals surface area contributed by atoms with Gasteiger partial charge in [0.05, 0.1) is 11.1 Å². The van der Waals surface area contributed by atoms with Gasteiger partial charge in [-0.2, -0.15) is 13.2 Å². The molecule has 0 spiro atoms. The van der Waals surface area contributed by atoms with Crippen LogP contribution in [-0.4, -0.2) is 4.98 Å². The highest BCUT2D eigenvalue weighted by Gasteiger charge is 2.33. The number of para-hydroxylation sites is 1. The molecule has 0 aliphatic rings. The summed E-state index contributed by atoms with van der Waals surface area (Å²) in [4.78, 5) is 5.14. The second kappa shape index (κ2) is 5.41. The Bertz CT molecular complexity index is 784. The molecule has 0 N–H and O–H groups in total. The molecule has 5 heteroatoms. The molecule has 1 nitrogen and oxygen atoms in total. The molecule has 0 unspecified atom stereocenters. The Kier molecular flexibility index (Phi) is 3.59. The van der Waals surface area contributed by atoms with E-state index in [0.29, 0.717) is 4.90 Å². The molecule has 0 aliphatic carbocycles. The minimum Gasteiger partial charge on any atom is -0.255 e. The molecule has 21 heavy (non-hydrogen) atoms. The number of alkyl halides is 3. The van der Waals surface area contributed by atoms with Crippen LogP contribution in [0.5, 0.6) is 0 Å². The number of fused-ring (bicyclic) bond motifs is 1. The summed E-state index contributed by atoms with van der Waals surface area (Å²) < 4.78 is 38.9. The van der Waals surface area contributed by atoms with E-state index < -0.39 is 11.7 Å². The number of benzene rings is 2. The first-order valence-corrected chi connectivity index (χ1v) is 7.04. The minimum atomic E-state index is -4.35. The number of hydrogen-bond donors (Lipinski definition) is 0. The van der Waals surface area contributed by atoms with Crippen molar-refractivity contribution < 1.29 is 13.2 Å². The Morgan fingerprint density at radius 3 is 2.43 bits per heavy atom. The Labute approximate surface area is 123 Å². The van der Waals surface area contributed by atoms with Crippen LogP contribution < -0.4 is 0 Å². The quantitative estimate of drug-likeness (QED) is 0.628. The number of halogens is 3. The first kappa shape index (κ1) is 13.9. The molecule has 0 radical (unpaired) electrons. The lowest BCUT2D eigenvalue weighted by Gasteiger charge is -2.12. The molecular formula is C16H10F3NS. The maximum Gasteiger partial charge on any atom is 0.417 e. The van der Waals surface area contributed by atoms with Gasteiger partial charge in [-0.1, -0.05) is 42.1 Å². The van der Waals surface area contributed by atoms with Crippen LogP contribution in [-0.2, 0) is 6.18 Å². The fraction of sp³-hybridized carbons (Fsp3) is 0.0625. The van der Waals surface area contributed by atoms with Crippen LogP contribution in [0.4, 0.5) is 13.2 Å². The van der Waals surface area contributed by atoms with Crippen molar-refractivity contribution in [2.45, 2.75) is 16.0 Å². The van der Waals surface area contributed by atoms with Crippen LogP contribution in [0.15, 0.2) is 70.6 Å². The molecule has 0 saturated carbocycles. The van der Waals surface area contributed by atoms with Crippen molar-refractivity contribution in [2.75, 3.05) is 0 Å². The average Bonchev–Trinajstić information content (AvgIpc) is 2.46. The Balaban J connectivity index is 1.99. The topological polar surface area (TPSA) is 12.9 Å². The maximum atomic E-state index is 13.0. The first-order chi connectivity index (χ1) is 10.0. The zero-order valence-electron chi connectivity index (χ0n) is 10.8. The molecule has 106 valence electrons. The van der Waals surface area contributed by atoms with Gasteiger partial charge in [-0.25, -0.2) is 0 Å². The average molecular weight is 305 g/mol. The molecule has 3 rings (SSSR count). The van der Waals surface area contributed by atoms with Crippen LogP contribution >= 0.6 is 11.8 Å². The van der Waals surface area contributed by atoms with Crippen LogP contribution in [0.1, 0.15) is 5.56 Å². The molecule has 1 heterocycles. The minimum absolute atomic E-state index is 0.182. The zero-order valence-corrected chi connectivity index (χ0v) is 11.6. The SMILES string of the molecule is FC(F)(F)c1ccccc1Sc1cnc2ccccc2c1. The number of nitrogens with zero attached hydrogens (tertiary/aromatic N) is 1. The van der Waals surface area contributed by atoms with Gasteiger partial charge in [0.1, 0.15) is 0 Å². The molecule has 0 amide bonds. The van der Waals surface area contributed by atoms with E-state index in [4.69, 9.17) is 0 Å². The van der Waals surface area contributed by atoms with Gasteiger partial charge < -0.3 is 0 Å². The predicted octanol–water partition coefficient (Wildman–Crippen LogP) is 5.40. The molecule has 2 aromatic carbocycles. The fourth-order valence-corrected chi connectivity index (χ4v) is 3.01. The number of pyridine rings is 1. The third-order valence-electron chi connectivity index (χ3n) is 2.99. The normalized spacial score (nSPS) is 11.8. The van der Waals surface area contributed by atoms with E-state index in [1.54, 1.807) is 12.3 Å². The summed E-state index contributed by atoms with van der Waals surface area (Å²) in [5, 5.41) is 0.909. The van der Waals surface area contributed by atoms with Gasteiger partial charge in [-0.3, -0.25) is 4.98 Å². The van der Waals surface area contributed by atoms with E-state index in [1.807, 2.05) is 30.3 Å². The van der Waals surface area contributed by atoms with Crippen LogP contribution in [0.3, 0.4) is 0 Å². The summed E-state index contributed by atoms with van der Waals surface area (Å²) in [7, 11) is 0. The second-order valence-electron chi connectivity index (χ2n) is 4.46. The van der Waals surface area contributed by atoms with Gasteiger partial charge in [0.15, 0.2) is 0 Å². The predicted molar refractivity (Wildman–Crippen MR) is 77.3 cm³/mol. The van der Waals surface area contributed by atoms with Crippen molar-refractivity contribution in [2.24, 2.45) is 0 Å². The lowest BCUT2D eigenvalue weighted by atomic mass is 10.2.